The molecule has 3 aromatic rings. The van der Waals surface area contributed by atoms with Gasteiger partial charge in [0.1, 0.15) is 0 Å². The quantitative estimate of drug-likeness (QED) is 0.294. The normalized spacial score (nSPS) is 12.6. The van der Waals surface area contributed by atoms with Gasteiger partial charge in [-0.05, 0) is 78.4 Å². The van der Waals surface area contributed by atoms with Crippen LogP contribution in [0.3, 0.4) is 0 Å². The Morgan fingerprint density at radius 1 is 1.00 bits per heavy atom. The van der Waals surface area contributed by atoms with Gasteiger partial charge in [-0.1, -0.05) is 53.8 Å². The molecule has 3 aromatic carbocycles. The van der Waals surface area contributed by atoms with Crippen molar-refractivity contribution in [3.63, 3.8) is 0 Å². The monoisotopic (exact) mass is 449 g/mol. The lowest BCUT2D eigenvalue weighted by Gasteiger charge is -2.11. The molecule has 1 saturated carbocycles. The third-order valence-corrected chi connectivity index (χ3v) is 5.55. The van der Waals surface area contributed by atoms with Crippen molar-refractivity contribution in [1.29, 1.82) is 0 Å². The number of esters is 1. The van der Waals surface area contributed by atoms with E-state index in [0.29, 0.717) is 11.6 Å². The number of hydrogen-bond donors (Lipinski definition) is 1. The van der Waals surface area contributed by atoms with E-state index in [0.717, 1.165) is 33.4 Å². The van der Waals surface area contributed by atoms with Gasteiger partial charge in [0.15, 0.2) is 0 Å². The van der Waals surface area contributed by atoms with Crippen LogP contribution in [0.2, 0.25) is 0 Å². The average Bonchev–Trinajstić information content (AvgIpc) is 3.67. The number of methoxy groups -OCH3 is 1. The van der Waals surface area contributed by atoms with Crippen LogP contribution < -0.4 is 5.32 Å². The first-order chi connectivity index (χ1) is 16.5. The Balaban J connectivity index is 1.57. The van der Waals surface area contributed by atoms with Gasteiger partial charge in [-0.3, -0.25) is 4.79 Å². The summed E-state index contributed by atoms with van der Waals surface area (Å²) >= 11 is 0. The molecule has 0 aromatic heterocycles. The molecule has 4 rings (SSSR count). The Labute approximate surface area is 200 Å². The second-order valence-corrected chi connectivity index (χ2v) is 8.53. The van der Waals surface area contributed by atoms with Gasteiger partial charge in [0.05, 0.1) is 13.5 Å². The molecule has 1 amide bonds. The molecule has 0 heterocycles. The van der Waals surface area contributed by atoms with E-state index in [1.165, 1.54) is 26.0 Å². The van der Waals surface area contributed by atoms with Crippen LogP contribution in [0, 0.1) is 24.7 Å². The summed E-state index contributed by atoms with van der Waals surface area (Å²) in [7, 11) is 1.34. The molecule has 1 aliphatic rings. The fraction of sp³-hybridized carbons (Fsp3) is 0.200. The van der Waals surface area contributed by atoms with E-state index in [-0.39, 0.29) is 12.3 Å². The van der Waals surface area contributed by atoms with Crippen LogP contribution in [-0.2, 0) is 20.7 Å². The van der Waals surface area contributed by atoms with Crippen LogP contribution >= 0.6 is 0 Å². The molecule has 4 heteroatoms. The smallest absolute Gasteiger partial charge is 0.330 e. The highest BCUT2D eigenvalue weighted by Gasteiger charge is 2.17. The fourth-order valence-corrected chi connectivity index (χ4v) is 3.47. The van der Waals surface area contributed by atoms with Crippen LogP contribution in [0.15, 0.2) is 72.8 Å². The molecular weight excluding hydrogens is 422 g/mol. The van der Waals surface area contributed by atoms with E-state index in [4.69, 9.17) is 4.74 Å². The zero-order valence-corrected chi connectivity index (χ0v) is 19.4. The fourth-order valence-electron chi connectivity index (χ4n) is 3.47. The third-order valence-electron chi connectivity index (χ3n) is 5.55. The van der Waals surface area contributed by atoms with E-state index in [1.807, 2.05) is 73.7 Å². The summed E-state index contributed by atoms with van der Waals surface area (Å²) < 4.78 is 4.71. The molecule has 1 N–H and O–H groups in total. The first kappa shape index (κ1) is 23.1. The predicted molar refractivity (Wildman–Crippen MR) is 136 cm³/mol. The maximum Gasteiger partial charge on any atom is 0.330 e. The van der Waals surface area contributed by atoms with Gasteiger partial charge in [0.25, 0.3) is 0 Å². The zero-order valence-electron chi connectivity index (χ0n) is 19.4. The highest BCUT2D eigenvalue weighted by Crippen LogP contribution is 2.28. The number of hydrogen-bond acceptors (Lipinski definition) is 3. The van der Waals surface area contributed by atoms with Gasteiger partial charge >= 0.3 is 5.97 Å². The summed E-state index contributed by atoms with van der Waals surface area (Å²) in [4.78, 5) is 24.3. The molecule has 0 atom stereocenters. The van der Waals surface area contributed by atoms with E-state index in [1.54, 1.807) is 6.08 Å². The highest BCUT2D eigenvalue weighted by molar-refractivity contribution is 5.94. The second kappa shape index (κ2) is 10.7. The van der Waals surface area contributed by atoms with Gasteiger partial charge in [-0.2, -0.15) is 0 Å². The number of amides is 1. The summed E-state index contributed by atoms with van der Waals surface area (Å²) in [5.41, 5.74) is 6.47. The minimum absolute atomic E-state index is 0.102. The topological polar surface area (TPSA) is 55.4 Å². The predicted octanol–water partition coefficient (Wildman–Crippen LogP) is 5.79. The summed E-state index contributed by atoms with van der Waals surface area (Å²) in [6, 6.07) is 21.7. The number of ether oxygens (including phenoxy) is 1. The van der Waals surface area contributed by atoms with Crippen molar-refractivity contribution in [2.45, 2.75) is 26.2 Å². The Morgan fingerprint density at radius 2 is 1.74 bits per heavy atom. The Hall–Kier alpha value is -4.10. The van der Waals surface area contributed by atoms with Crippen molar-refractivity contribution in [3.8, 4) is 23.0 Å². The minimum Gasteiger partial charge on any atom is -0.466 e. The average molecular weight is 450 g/mol. The molecule has 1 aliphatic carbocycles. The molecule has 0 saturated heterocycles. The largest absolute Gasteiger partial charge is 0.466 e. The molecule has 0 bridgehead atoms. The number of benzene rings is 3. The highest BCUT2D eigenvalue weighted by atomic mass is 16.5. The molecule has 170 valence electrons. The number of carbonyl (C=O) groups excluding carboxylic acids is 2. The molecule has 4 nitrogen and oxygen atoms in total. The van der Waals surface area contributed by atoms with Crippen molar-refractivity contribution in [2.24, 2.45) is 5.92 Å². The van der Waals surface area contributed by atoms with Crippen LogP contribution in [0.25, 0.3) is 17.2 Å². The maximum absolute atomic E-state index is 12.7. The van der Waals surface area contributed by atoms with Gasteiger partial charge in [-0.25, -0.2) is 4.79 Å². The van der Waals surface area contributed by atoms with Crippen LogP contribution in [0.4, 0.5) is 5.69 Å². The molecule has 0 spiro atoms. The molecular formula is C30H27NO3. The molecule has 0 unspecified atom stereocenters. The summed E-state index contributed by atoms with van der Waals surface area (Å²) in [6.07, 6.45) is 5.74. The molecule has 0 radical (unpaired) electrons. The SMILES string of the molecule is COC(=O)/C=C/c1cc(NC(=O)Cc2ccc(C)cc2)cc(-c2ccc(C#CC3CC3)cc2)c1. The van der Waals surface area contributed by atoms with Gasteiger partial charge < -0.3 is 10.1 Å². The van der Waals surface area contributed by atoms with Crippen LogP contribution in [0.1, 0.15) is 35.1 Å². The first-order valence-corrected chi connectivity index (χ1v) is 11.4. The zero-order chi connectivity index (χ0) is 23.9. The van der Waals surface area contributed by atoms with Crippen LogP contribution in [-0.4, -0.2) is 19.0 Å². The summed E-state index contributed by atoms with van der Waals surface area (Å²) in [5.74, 6) is 6.53. The molecule has 0 aliphatic heterocycles. The Morgan fingerprint density at radius 3 is 2.41 bits per heavy atom. The van der Waals surface area contributed by atoms with Crippen molar-refractivity contribution < 1.29 is 14.3 Å². The standard InChI is InChI=1S/C30H27NO3/c1-21-3-5-24(6-4-21)19-29(32)31-28-18-25(13-16-30(33)34-2)17-27(20-28)26-14-11-23(12-15-26)10-9-22-7-8-22/h3-6,11-18,20,22H,7-8,19H2,1-2H3,(H,31,32)/b16-13+. The van der Waals surface area contributed by atoms with Gasteiger partial charge in [0.2, 0.25) is 5.91 Å². The minimum atomic E-state index is -0.436. The lowest BCUT2D eigenvalue weighted by molar-refractivity contribution is -0.134. The number of carbonyl (C=O) groups is 2. The van der Waals surface area contributed by atoms with E-state index >= 15 is 0 Å². The van der Waals surface area contributed by atoms with E-state index in [2.05, 4.69) is 17.2 Å². The third kappa shape index (κ3) is 6.70. The van der Waals surface area contributed by atoms with Crippen molar-refractivity contribution in [2.75, 3.05) is 12.4 Å². The van der Waals surface area contributed by atoms with Crippen LogP contribution in [0.5, 0.6) is 0 Å². The molecule has 1 fully saturated rings. The first-order valence-electron chi connectivity index (χ1n) is 11.4. The number of rotatable bonds is 6. The van der Waals surface area contributed by atoms with Crippen molar-refractivity contribution >= 4 is 23.6 Å². The Kier molecular flexibility index (Phi) is 7.25. The van der Waals surface area contributed by atoms with Gasteiger partial charge in [0, 0.05) is 23.2 Å². The number of aryl methyl sites for hydroxylation is 1. The lowest BCUT2D eigenvalue weighted by atomic mass is 10.00. The summed E-state index contributed by atoms with van der Waals surface area (Å²) in [5, 5.41) is 3.00. The number of nitrogens with one attached hydrogen (secondary N) is 1. The Bertz CT molecular complexity index is 1270. The van der Waals surface area contributed by atoms with E-state index < -0.39 is 5.97 Å². The van der Waals surface area contributed by atoms with Gasteiger partial charge in [-0.15, -0.1) is 0 Å². The van der Waals surface area contributed by atoms with Crippen molar-refractivity contribution in [3.05, 3.63) is 95.1 Å². The molecule has 34 heavy (non-hydrogen) atoms. The van der Waals surface area contributed by atoms with Crippen molar-refractivity contribution in [1.82, 2.24) is 0 Å². The maximum atomic E-state index is 12.7. The van der Waals surface area contributed by atoms with E-state index in [9.17, 15) is 9.59 Å². The summed E-state index contributed by atoms with van der Waals surface area (Å²) in [6.45, 7) is 2.02. The lowest BCUT2D eigenvalue weighted by Crippen LogP contribution is -2.14. The second-order valence-electron chi connectivity index (χ2n) is 8.53. The number of anilines is 1.